The molecule has 1 aliphatic carbocycles. The smallest absolute Gasteiger partial charge is 0.328 e. The lowest BCUT2D eigenvalue weighted by atomic mass is 10.1. The molecule has 1 amide bonds. The Labute approximate surface area is 116 Å². The summed E-state index contributed by atoms with van der Waals surface area (Å²) >= 11 is 0. The number of hydrogen-bond acceptors (Lipinski definition) is 3. The average Bonchev–Trinajstić information content (AvgIpc) is 2.85. The van der Waals surface area contributed by atoms with Crippen molar-refractivity contribution in [2.45, 2.75) is 12.5 Å². The molecule has 5 heteroatoms. The number of anilines is 1. The SMILES string of the molecule is NC1C=CC(C(=O)Nc2ccc(/C=C/C(=O)O)cc2)C1. The maximum Gasteiger partial charge on any atom is 0.328 e. The molecule has 0 aliphatic heterocycles. The van der Waals surface area contributed by atoms with E-state index in [0.717, 1.165) is 11.6 Å². The van der Waals surface area contributed by atoms with Gasteiger partial charge >= 0.3 is 5.97 Å². The Bertz CT molecular complexity index is 561. The number of nitrogens with two attached hydrogens (primary N) is 1. The van der Waals surface area contributed by atoms with Gasteiger partial charge in [-0.3, -0.25) is 4.79 Å². The van der Waals surface area contributed by atoms with E-state index in [1.165, 1.54) is 6.08 Å². The van der Waals surface area contributed by atoms with Crippen LogP contribution in [0.3, 0.4) is 0 Å². The Morgan fingerprint density at radius 2 is 1.95 bits per heavy atom. The topological polar surface area (TPSA) is 92.4 Å². The van der Waals surface area contributed by atoms with Crippen molar-refractivity contribution in [2.75, 3.05) is 5.32 Å². The minimum atomic E-state index is -0.994. The summed E-state index contributed by atoms with van der Waals surface area (Å²) in [5.41, 5.74) is 7.15. The van der Waals surface area contributed by atoms with Crippen molar-refractivity contribution >= 4 is 23.6 Å². The fraction of sp³-hybridized carbons (Fsp3) is 0.200. The Hall–Kier alpha value is -2.40. The van der Waals surface area contributed by atoms with E-state index in [2.05, 4.69) is 5.32 Å². The molecule has 0 spiro atoms. The fourth-order valence-electron chi connectivity index (χ4n) is 2.00. The van der Waals surface area contributed by atoms with Crippen LogP contribution in [0.1, 0.15) is 12.0 Å². The number of carbonyl (C=O) groups is 2. The Morgan fingerprint density at radius 1 is 1.25 bits per heavy atom. The zero-order valence-corrected chi connectivity index (χ0v) is 10.8. The maximum atomic E-state index is 12.0. The highest BCUT2D eigenvalue weighted by Crippen LogP contribution is 2.19. The van der Waals surface area contributed by atoms with Crippen LogP contribution < -0.4 is 11.1 Å². The second kappa shape index (κ2) is 6.16. The van der Waals surface area contributed by atoms with Gasteiger partial charge in [-0.1, -0.05) is 24.3 Å². The molecule has 0 radical (unpaired) electrons. The molecule has 1 aliphatic rings. The molecule has 5 nitrogen and oxygen atoms in total. The molecular formula is C15H16N2O3. The van der Waals surface area contributed by atoms with E-state index in [0.29, 0.717) is 12.1 Å². The Morgan fingerprint density at radius 3 is 2.50 bits per heavy atom. The standard InChI is InChI=1S/C15H16N2O3/c16-12-5-4-11(9-12)15(20)17-13-6-1-10(2-7-13)3-8-14(18)19/h1-8,11-12H,9,16H2,(H,17,20)(H,18,19)/b8-3+. The third kappa shape index (κ3) is 3.80. The highest BCUT2D eigenvalue weighted by atomic mass is 16.4. The van der Waals surface area contributed by atoms with Gasteiger partial charge in [0, 0.05) is 17.8 Å². The summed E-state index contributed by atoms with van der Waals surface area (Å²) in [6.45, 7) is 0. The van der Waals surface area contributed by atoms with Crippen LogP contribution in [-0.4, -0.2) is 23.0 Å². The second-order valence-corrected chi connectivity index (χ2v) is 4.67. The van der Waals surface area contributed by atoms with Crippen LogP contribution in [0.2, 0.25) is 0 Å². The third-order valence-electron chi connectivity index (χ3n) is 3.05. The van der Waals surface area contributed by atoms with E-state index in [9.17, 15) is 9.59 Å². The summed E-state index contributed by atoms with van der Waals surface area (Å²) in [6, 6.07) is 6.90. The van der Waals surface area contributed by atoms with Crippen molar-refractivity contribution in [1.29, 1.82) is 0 Å². The lowest BCUT2D eigenvalue weighted by Crippen LogP contribution is -2.23. The minimum absolute atomic E-state index is 0.0470. The Balaban J connectivity index is 1.95. The lowest BCUT2D eigenvalue weighted by Gasteiger charge is -2.10. The monoisotopic (exact) mass is 272 g/mol. The molecule has 0 saturated carbocycles. The molecule has 0 saturated heterocycles. The van der Waals surface area contributed by atoms with Crippen molar-refractivity contribution in [3.8, 4) is 0 Å². The van der Waals surface area contributed by atoms with E-state index in [4.69, 9.17) is 10.8 Å². The van der Waals surface area contributed by atoms with Crippen molar-refractivity contribution in [2.24, 2.45) is 11.7 Å². The molecule has 1 aromatic carbocycles. The van der Waals surface area contributed by atoms with E-state index in [1.807, 2.05) is 12.2 Å². The fourth-order valence-corrected chi connectivity index (χ4v) is 2.00. The van der Waals surface area contributed by atoms with Gasteiger partial charge in [-0.2, -0.15) is 0 Å². The van der Waals surface area contributed by atoms with Crippen LogP contribution in [-0.2, 0) is 9.59 Å². The molecule has 0 heterocycles. The number of carboxylic acid groups (broad SMARTS) is 1. The van der Waals surface area contributed by atoms with Crippen LogP contribution in [0.5, 0.6) is 0 Å². The first-order valence-corrected chi connectivity index (χ1v) is 6.30. The van der Waals surface area contributed by atoms with E-state index < -0.39 is 5.97 Å². The number of hydrogen-bond donors (Lipinski definition) is 3. The van der Waals surface area contributed by atoms with Gasteiger partial charge in [0.25, 0.3) is 0 Å². The molecular weight excluding hydrogens is 256 g/mol. The summed E-state index contributed by atoms with van der Waals surface area (Å²) in [6.07, 6.45) is 6.85. The highest BCUT2D eigenvalue weighted by Gasteiger charge is 2.22. The van der Waals surface area contributed by atoms with Gasteiger partial charge in [-0.05, 0) is 30.2 Å². The summed E-state index contributed by atoms with van der Waals surface area (Å²) in [7, 11) is 0. The first kappa shape index (κ1) is 14.0. The van der Waals surface area contributed by atoms with E-state index >= 15 is 0 Å². The molecule has 0 aromatic heterocycles. The summed E-state index contributed by atoms with van der Waals surface area (Å²) in [5, 5.41) is 11.3. The summed E-state index contributed by atoms with van der Waals surface area (Å²) in [5.74, 6) is -1.26. The van der Waals surface area contributed by atoms with Crippen LogP contribution in [0, 0.1) is 5.92 Å². The third-order valence-corrected chi connectivity index (χ3v) is 3.05. The van der Waals surface area contributed by atoms with Gasteiger partial charge in [0.1, 0.15) is 0 Å². The van der Waals surface area contributed by atoms with Crippen molar-refractivity contribution in [3.63, 3.8) is 0 Å². The van der Waals surface area contributed by atoms with Crippen LogP contribution >= 0.6 is 0 Å². The van der Waals surface area contributed by atoms with Gasteiger partial charge in [0.05, 0.1) is 5.92 Å². The predicted octanol–water partition coefficient (Wildman–Crippen LogP) is 1.63. The number of nitrogens with one attached hydrogen (secondary N) is 1. The lowest BCUT2D eigenvalue weighted by molar-refractivity contribution is -0.131. The van der Waals surface area contributed by atoms with Gasteiger partial charge in [-0.15, -0.1) is 0 Å². The number of benzene rings is 1. The van der Waals surface area contributed by atoms with Crippen molar-refractivity contribution in [1.82, 2.24) is 0 Å². The zero-order valence-electron chi connectivity index (χ0n) is 10.8. The quantitative estimate of drug-likeness (QED) is 0.573. The van der Waals surface area contributed by atoms with E-state index in [1.54, 1.807) is 24.3 Å². The predicted molar refractivity (Wildman–Crippen MR) is 77.0 cm³/mol. The minimum Gasteiger partial charge on any atom is -0.478 e. The van der Waals surface area contributed by atoms with Crippen molar-refractivity contribution < 1.29 is 14.7 Å². The molecule has 2 atom stereocenters. The summed E-state index contributed by atoms with van der Waals surface area (Å²) < 4.78 is 0. The number of amides is 1. The Kier molecular flexibility index (Phi) is 4.32. The molecule has 1 aromatic rings. The molecule has 2 rings (SSSR count). The second-order valence-electron chi connectivity index (χ2n) is 4.67. The van der Waals surface area contributed by atoms with Crippen molar-refractivity contribution in [3.05, 3.63) is 48.1 Å². The number of rotatable bonds is 4. The van der Waals surface area contributed by atoms with Gasteiger partial charge in [0.15, 0.2) is 0 Å². The van der Waals surface area contributed by atoms with Crippen LogP contribution in [0.4, 0.5) is 5.69 Å². The first-order chi connectivity index (χ1) is 9.54. The normalized spacial score (nSPS) is 21.2. The molecule has 4 N–H and O–H groups in total. The molecule has 104 valence electrons. The van der Waals surface area contributed by atoms with Gasteiger partial charge < -0.3 is 16.2 Å². The van der Waals surface area contributed by atoms with Crippen LogP contribution in [0.25, 0.3) is 6.08 Å². The zero-order chi connectivity index (χ0) is 14.5. The molecule has 0 fully saturated rings. The maximum absolute atomic E-state index is 12.0. The first-order valence-electron chi connectivity index (χ1n) is 6.30. The van der Waals surface area contributed by atoms with Gasteiger partial charge in [-0.25, -0.2) is 4.79 Å². The van der Waals surface area contributed by atoms with Crippen LogP contribution in [0.15, 0.2) is 42.5 Å². The van der Waals surface area contributed by atoms with E-state index in [-0.39, 0.29) is 17.9 Å². The number of carbonyl (C=O) groups excluding carboxylic acids is 1. The average molecular weight is 272 g/mol. The highest BCUT2D eigenvalue weighted by molar-refractivity contribution is 5.94. The molecule has 20 heavy (non-hydrogen) atoms. The largest absolute Gasteiger partial charge is 0.478 e. The number of aliphatic carboxylic acids is 1. The molecule has 0 bridgehead atoms. The van der Waals surface area contributed by atoms with Gasteiger partial charge in [0.2, 0.25) is 5.91 Å². The summed E-state index contributed by atoms with van der Waals surface area (Å²) in [4.78, 5) is 22.3. The number of carboxylic acids is 1. The molecule has 2 unspecified atom stereocenters.